The maximum atomic E-state index is 12.6. The summed E-state index contributed by atoms with van der Waals surface area (Å²) < 4.78 is 34.3. The van der Waals surface area contributed by atoms with Crippen molar-refractivity contribution in [3.8, 4) is 22.9 Å². The van der Waals surface area contributed by atoms with Gasteiger partial charge in [0.25, 0.3) is 32.6 Å². The summed E-state index contributed by atoms with van der Waals surface area (Å²) in [5.74, 6) is -1.94. The number of aromatic nitrogens is 4. The SMILES string of the molecule is Cc1[nH]n(-c2ccccc2)c(=O)c1N=Nc1cc([N+](=O)[O-])cc(S(=O)(=O)O)c1[O-].Cc1[nH]n(-c2ccccc2)c(=O)c1N=Nc1ccc([N+](=O)[O-])cc1[O-].[Cr].[Na+].[Na+]. The molecule has 4 aromatic carbocycles. The molecule has 0 radical (unpaired) electrons. The van der Waals surface area contributed by atoms with Crippen molar-refractivity contribution in [3.63, 3.8) is 0 Å². The van der Waals surface area contributed by atoms with Crippen molar-refractivity contribution >= 4 is 44.2 Å². The quantitative estimate of drug-likeness (QED) is 0.0521. The monoisotopic (exact) mass is 854 g/mol. The van der Waals surface area contributed by atoms with E-state index >= 15 is 0 Å². The molecule has 0 atom stereocenters. The summed E-state index contributed by atoms with van der Waals surface area (Å²) in [4.78, 5) is 43.8. The number of para-hydroxylation sites is 2. The van der Waals surface area contributed by atoms with E-state index in [-0.39, 0.29) is 105 Å². The van der Waals surface area contributed by atoms with Crippen molar-refractivity contribution in [3.05, 3.63) is 143 Å². The van der Waals surface area contributed by atoms with Gasteiger partial charge in [0.2, 0.25) is 0 Å². The maximum Gasteiger partial charge on any atom is 1.00 e. The van der Waals surface area contributed by atoms with Crippen molar-refractivity contribution in [2.75, 3.05) is 0 Å². The molecule has 6 aromatic rings. The number of azo groups is 2. The number of hydrogen-bond acceptors (Lipinski definition) is 14. The molecule has 0 amide bonds. The van der Waals surface area contributed by atoms with Crippen LogP contribution in [-0.2, 0) is 27.5 Å². The van der Waals surface area contributed by atoms with Gasteiger partial charge in [0, 0.05) is 41.6 Å². The zero-order valence-corrected chi connectivity index (χ0v) is 36.2. The van der Waals surface area contributed by atoms with E-state index in [1.165, 1.54) is 22.4 Å². The van der Waals surface area contributed by atoms with E-state index in [4.69, 9.17) is 4.55 Å². The second kappa shape index (κ2) is 20.4. The summed E-state index contributed by atoms with van der Waals surface area (Å²) in [6, 6.07) is 21.7. The molecule has 25 heteroatoms. The van der Waals surface area contributed by atoms with E-state index in [0.29, 0.717) is 29.2 Å². The summed E-state index contributed by atoms with van der Waals surface area (Å²) in [7, 11) is -5.03. The number of rotatable bonds is 9. The Bertz CT molecular complexity index is 2700. The molecular weight excluding hydrogens is 830 g/mol. The minimum atomic E-state index is -5.03. The predicted molar refractivity (Wildman–Crippen MR) is 186 cm³/mol. The Kier molecular flexibility index (Phi) is 17.2. The summed E-state index contributed by atoms with van der Waals surface area (Å²) in [6.45, 7) is 3.17. The number of aromatic amines is 2. The number of H-pyrrole nitrogens is 2. The Morgan fingerprint density at radius 1 is 0.649 bits per heavy atom. The molecule has 282 valence electrons. The van der Waals surface area contributed by atoms with Gasteiger partial charge in [-0.05, 0) is 44.2 Å². The topological polar surface area (TPSA) is 312 Å². The minimum absolute atomic E-state index is 0. The van der Waals surface area contributed by atoms with Gasteiger partial charge in [0.05, 0.1) is 48.9 Å². The van der Waals surface area contributed by atoms with Gasteiger partial charge in [-0.3, -0.25) is 44.6 Å². The van der Waals surface area contributed by atoms with Gasteiger partial charge in [0.1, 0.15) is 0 Å². The molecule has 21 nitrogen and oxygen atoms in total. The van der Waals surface area contributed by atoms with E-state index in [2.05, 4.69) is 30.7 Å². The van der Waals surface area contributed by atoms with Crippen molar-refractivity contribution in [2.45, 2.75) is 18.7 Å². The Balaban J connectivity index is 0.000000377. The van der Waals surface area contributed by atoms with Gasteiger partial charge in [-0.1, -0.05) is 47.9 Å². The second-order valence-electron chi connectivity index (χ2n) is 11.0. The van der Waals surface area contributed by atoms with Crippen LogP contribution < -0.4 is 80.4 Å². The number of nitrogens with one attached hydrogen (secondary N) is 2. The average molecular weight is 855 g/mol. The third kappa shape index (κ3) is 11.3. The molecule has 57 heavy (non-hydrogen) atoms. The molecule has 0 saturated heterocycles. The van der Waals surface area contributed by atoms with Crippen LogP contribution >= 0.6 is 0 Å². The number of benzene rings is 4. The molecule has 0 unspecified atom stereocenters. The molecular formula is C32H24CrN10Na2O11S. The van der Waals surface area contributed by atoms with E-state index in [1.54, 1.807) is 61.5 Å². The van der Waals surface area contributed by atoms with E-state index in [1.807, 2.05) is 6.07 Å². The fourth-order valence-corrected chi connectivity index (χ4v) is 5.29. The minimum Gasteiger partial charge on any atom is -0.871 e. The van der Waals surface area contributed by atoms with Crippen LogP contribution in [0.4, 0.5) is 34.1 Å². The molecule has 0 saturated carbocycles. The summed E-state index contributed by atoms with van der Waals surface area (Å²) in [5.41, 5.74) is -1.17. The number of nitrogens with zero attached hydrogens (tertiary/aromatic N) is 8. The molecule has 2 aromatic heterocycles. The van der Waals surface area contributed by atoms with Gasteiger partial charge in [-0.25, -0.2) is 9.36 Å². The van der Waals surface area contributed by atoms with Gasteiger partial charge in [-0.2, -0.15) is 18.6 Å². The second-order valence-corrected chi connectivity index (χ2v) is 12.3. The molecule has 0 bridgehead atoms. The van der Waals surface area contributed by atoms with Crippen LogP contribution in [0.15, 0.2) is 126 Å². The first kappa shape index (κ1) is 48.1. The van der Waals surface area contributed by atoms with Crippen molar-refractivity contribution in [1.29, 1.82) is 0 Å². The first-order valence-corrected chi connectivity index (χ1v) is 16.5. The summed E-state index contributed by atoms with van der Waals surface area (Å²) >= 11 is 0. The Hall–Kier alpha value is -5.06. The van der Waals surface area contributed by atoms with Crippen LogP contribution in [0.5, 0.6) is 11.5 Å². The third-order valence-electron chi connectivity index (χ3n) is 7.29. The number of nitro groups is 2. The van der Waals surface area contributed by atoms with Gasteiger partial charge in [-0.15, -0.1) is 10.2 Å². The third-order valence-corrected chi connectivity index (χ3v) is 8.15. The number of non-ortho nitro benzene ring substituents is 2. The molecule has 3 N–H and O–H groups in total. The van der Waals surface area contributed by atoms with Crippen molar-refractivity contribution in [1.82, 2.24) is 19.6 Å². The van der Waals surface area contributed by atoms with Crippen LogP contribution in [-0.4, -0.2) is 42.4 Å². The zero-order valence-electron chi connectivity index (χ0n) is 30.1. The molecule has 0 aliphatic carbocycles. The average Bonchev–Trinajstić information content (AvgIpc) is 3.59. The number of hydrogen-bond donors (Lipinski definition) is 3. The molecule has 0 aliphatic heterocycles. The van der Waals surface area contributed by atoms with Crippen molar-refractivity contribution < 1.29 is 110 Å². The fraction of sp³-hybridized carbons (Fsp3) is 0.0625. The standard InChI is InChI=1S/C16H13N5O7S.C16H13N5O4.Cr.2Na/c1-9-14(16(23)20(19-9)10-5-3-2-4-6-10)18-17-12-7-11(21(24)25)8-13(15(12)22)29(26,27)28;1-10-15(16(23)20(19-10)11-5-3-2-4-6-11)18-17-13-8-7-12(21(24)25)9-14(13)22;;;/h2-8,19,22H,1H3,(H,26,27,28);2-9,19,22H,1H3;;;/q;;;2*+1/p-2. The zero-order chi connectivity index (χ0) is 39.3. The summed E-state index contributed by atoms with van der Waals surface area (Å²) in [6.07, 6.45) is 0. The molecule has 0 fully saturated rings. The molecule has 0 spiro atoms. The van der Waals surface area contributed by atoms with E-state index in [9.17, 15) is 48.4 Å². The number of nitro benzene ring substituents is 2. The van der Waals surface area contributed by atoms with E-state index in [0.717, 1.165) is 12.1 Å². The largest absolute Gasteiger partial charge is 1.00 e. The van der Waals surface area contributed by atoms with Gasteiger partial charge >= 0.3 is 59.1 Å². The first-order chi connectivity index (χ1) is 25.6. The van der Waals surface area contributed by atoms with Crippen LogP contribution in [0.25, 0.3) is 11.4 Å². The first-order valence-electron chi connectivity index (χ1n) is 15.1. The van der Waals surface area contributed by atoms with Crippen LogP contribution in [0.1, 0.15) is 11.4 Å². The predicted octanol–water partition coefficient (Wildman–Crippen LogP) is -1.01. The van der Waals surface area contributed by atoms with Gasteiger partial charge < -0.3 is 10.2 Å². The van der Waals surface area contributed by atoms with Gasteiger partial charge in [0.15, 0.2) is 11.4 Å². The molecule has 0 aliphatic rings. The Morgan fingerprint density at radius 2 is 1.09 bits per heavy atom. The van der Waals surface area contributed by atoms with E-state index < -0.39 is 58.9 Å². The molecule has 6 rings (SSSR count). The smallest absolute Gasteiger partial charge is 0.871 e. The maximum absolute atomic E-state index is 12.6. The van der Waals surface area contributed by atoms with Crippen molar-refractivity contribution in [2.24, 2.45) is 20.5 Å². The summed E-state index contributed by atoms with van der Waals surface area (Å²) in [5, 5.41) is 66.1. The molecule has 2 heterocycles. The van der Waals surface area contributed by atoms with Crippen LogP contribution in [0.2, 0.25) is 0 Å². The van der Waals surface area contributed by atoms with Crippen LogP contribution in [0, 0.1) is 34.1 Å². The normalized spacial score (nSPS) is 10.9. The fourth-order valence-electron chi connectivity index (χ4n) is 4.68. The Morgan fingerprint density at radius 3 is 1.49 bits per heavy atom. The number of aryl methyl sites for hydroxylation is 2. The van der Waals surface area contributed by atoms with Crippen LogP contribution in [0.3, 0.4) is 0 Å². The Labute approximate surface area is 375 Å².